The molecular weight excluding hydrogens is 374 g/mol. The van der Waals surface area contributed by atoms with Gasteiger partial charge in [0.25, 0.3) is 5.91 Å². The zero-order valence-corrected chi connectivity index (χ0v) is 14.4. The molecule has 0 saturated carbocycles. The average molecular weight is 387 g/mol. The quantitative estimate of drug-likeness (QED) is 0.879. The van der Waals surface area contributed by atoms with Gasteiger partial charge in [0.1, 0.15) is 0 Å². The third-order valence-electron chi connectivity index (χ3n) is 3.75. The van der Waals surface area contributed by atoms with E-state index in [0.29, 0.717) is 13.0 Å². The highest BCUT2D eigenvalue weighted by atomic mass is 35.5. The molecule has 0 unspecified atom stereocenters. The molecule has 2 aromatic carbocycles. The van der Waals surface area contributed by atoms with Gasteiger partial charge >= 0.3 is 0 Å². The summed E-state index contributed by atoms with van der Waals surface area (Å²) in [4.78, 5) is 12.2. The van der Waals surface area contributed by atoms with Gasteiger partial charge in [-0.3, -0.25) is 9.10 Å². The number of nitrogens with zero attached hydrogens (tertiary/aromatic N) is 1. The van der Waals surface area contributed by atoms with Gasteiger partial charge in [-0.05, 0) is 42.8 Å². The minimum Gasteiger partial charge on any atom is -0.322 e. The lowest BCUT2D eigenvalue weighted by Gasteiger charge is -2.19. The van der Waals surface area contributed by atoms with E-state index in [-0.39, 0.29) is 27.7 Å². The largest absolute Gasteiger partial charge is 0.322 e. The fraction of sp³-hybridized carbons (Fsp3) is 0.188. The maximum atomic E-state index is 13.2. The van der Waals surface area contributed by atoms with E-state index < -0.39 is 27.6 Å². The lowest BCUT2D eigenvalue weighted by atomic mass is 10.2. The summed E-state index contributed by atoms with van der Waals surface area (Å²) >= 11 is 6.09. The highest BCUT2D eigenvalue weighted by Gasteiger charge is 2.30. The number of hydrogen-bond donors (Lipinski definition) is 1. The van der Waals surface area contributed by atoms with Crippen molar-refractivity contribution in [3.8, 4) is 0 Å². The van der Waals surface area contributed by atoms with Crippen LogP contribution in [0.25, 0.3) is 0 Å². The van der Waals surface area contributed by atoms with Crippen molar-refractivity contribution in [2.75, 3.05) is 21.9 Å². The van der Waals surface area contributed by atoms with Crippen LogP contribution in [0.5, 0.6) is 0 Å². The second-order valence-corrected chi connectivity index (χ2v) is 7.91. The summed E-state index contributed by atoms with van der Waals surface area (Å²) in [6.45, 7) is 0.308. The zero-order chi connectivity index (χ0) is 18.2. The van der Waals surface area contributed by atoms with Crippen molar-refractivity contribution in [1.82, 2.24) is 0 Å². The Morgan fingerprint density at radius 1 is 1.12 bits per heavy atom. The van der Waals surface area contributed by atoms with E-state index in [9.17, 15) is 22.0 Å². The molecule has 25 heavy (non-hydrogen) atoms. The second kappa shape index (κ2) is 6.61. The lowest BCUT2D eigenvalue weighted by molar-refractivity contribution is 0.102. The first-order valence-electron chi connectivity index (χ1n) is 7.34. The molecule has 0 radical (unpaired) electrons. The van der Waals surface area contributed by atoms with E-state index in [2.05, 4.69) is 5.32 Å². The van der Waals surface area contributed by atoms with E-state index in [1.807, 2.05) is 0 Å². The van der Waals surface area contributed by atoms with E-state index in [1.165, 1.54) is 22.5 Å². The Labute approximate surface area is 148 Å². The predicted molar refractivity (Wildman–Crippen MR) is 91.5 cm³/mol. The third-order valence-corrected chi connectivity index (χ3v) is 5.93. The van der Waals surface area contributed by atoms with Gasteiger partial charge < -0.3 is 5.32 Å². The Morgan fingerprint density at radius 3 is 2.52 bits per heavy atom. The smallest absolute Gasteiger partial charge is 0.255 e. The first-order chi connectivity index (χ1) is 11.8. The van der Waals surface area contributed by atoms with Gasteiger partial charge in [-0.15, -0.1) is 0 Å². The number of carbonyl (C=O) groups excluding carboxylic acids is 1. The lowest BCUT2D eigenvalue weighted by Crippen LogP contribution is -2.25. The molecule has 1 aliphatic rings. The Morgan fingerprint density at radius 2 is 1.88 bits per heavy atom. The third kappa shape index (κ3) is 3.59. The van der Waals surface area contributed by atoms with Crippen molar-refractivity contribution in [2.24, 2.45) is 0 Å². The van der Waals surface area contributed by atoms with Crippen molar-refractivity contribution >= 4 is 38.9 Å². The normalized spacial score (nSPS) is 16.0. The van der Waals surface area contributed by atoms with Crippen LogP contribution in [-0.2, 0) is 10.0 Å². The molecule has 9 heteroatoms. The van der Waals surface area contributed by atoms with Crippen LogP contribution < -0.4 is 9.62 Å². The van der Waals surface area contributed by atoms with Gasteiger partial charge in [-0.25, -0.2) is 17.2 Å². The Bertz CT molecular complexity index is 950. The van der Waals surface area contributed by atoms with Crippen LogP contribution >= 0.6 is 11.6 Å². The molecule has 0 atom stereocenters. The highest BCUT2D eigenvalue weighted by molar-refractivity contribution is 7.93. The molecule has 132 valence electrons. The van der Waals surface area contributed by atoms with Crippen LogP contribution in [0.4, 0.5) is 20.2 Å². The summed E-state index contributed by atoms with van der Waals surface area (Å²) in [6.07, 6.45) is 0.490. The molecule has 0 bridgehead atoms. The summed E-state index contributed by atoms with van der Waals surface area (Å²) in [5, 5.41) is 2.75. The number of carbonyl (C=O) groups is 1. The van der Waals surface area contributed by atoms with Crippen molar-refractivity contribution in [3.05, 3.63) is 58.6 Å². The van der Waals surface area contributed by atoms with Crippen LogP contribution in [0.3, 0.4) is 0 Å². The second-order valence-electron chi connectivity index (χ2n) is 5.49. The molecule has 1 fully saturated rings. The van der Waals surface area contributed by atoms with Crippen molar-refractivity contribution in [1.29, 1.82) is 0 Å². The fourth-order valence-corrected chi connectivity index (χ4v) is 4.37. The van der Waals surface area contributed by atoms with E-state index >= 15 is 0 Å². The summed E-state index contributed by atoms with van der Waals surface area (Å²) in [6, 6.07) is 7.18. The standard InChI is InChI=1S/C16H13ClF2N2O3S/c17-12-4-3-11(9-15(12)21-6-1-7-25(21,23)24)20-16(22)10-2-5-13(18)14(19)8-10/h2-5,8-9H,1,6-7H2,(H,20,22). The first-order valence-corrected chi connectivity index (χ1v) is 9.33. The molecule has 1 heterocycles. The van der Waals surface area contributed by atoms with Crippen LogP contribution in [0.15, 0.2) is 36.4 Å². The summed E-state index contributed by atoms with van der Waals surface area (Å²) in [7, 11) is -3.43. The number of halogens is 3. The van der Waals surface area contributed by atoms with Gasteiger partial charge in [0.05, 0.1) is 16.5 Å². The van der Waals surface area contributed by atoms with Crippen LogP contribution in [-0.4, -0.2) is 26.6 Å². The van der Waals surface area contributed by atoms with Gasteiger partial charge in [0, 0.05) is 17.8 Å². The number of benzene rings is 2. The van der Waals surface area contributed by atoms with Crippen molar-refractivity contribution < 1.29 is 22.0 Å². The molecule has 1 saturated heterocycles. The zero-order valence-electron chi connectivity index (χ0n) is 12.8. The molecule has 2 aromatic rings. The average Bonchev–Trinajstić information content (AvgIpc) is 2.91. The number of anilines is 2. The molecule has 3 rings (SSSR count). The fourth-order valence-electron chi connectivity index (χ4n) is 2.53. The summed E-state index contributed by atoms with van der Waals surface area (Å²) in [5.74, 6) is -2.80. The maximum absolute atomic E-state index is 13.2. The summed E-state index contributed by atoms with van der Waals surface area (Å²) < 4.78 is 51.5. The maximum Gasteiger partial charge on any atom is 0.255 e. The molecule has 0 aliphatic carbocycles. The number of rotatable bonds is 3. The minimum absolute atomic E-state index is 0.0365. The number of amides is 1. The number of nitrogens with one attached hydrogen (secondary N) is 1. The molecule has 5 nitrogen and oxygen atoms in total. The van der Waals surface area contributed by atoms with Crippen LogP contribution in [0, 0.1) is 11.6 Å². The van der Waals surface area contributed by atoms with Gasteiger partial charge in [0.2, 0.25) is 10.0 Å². The van der Waals surface area contributed by atoms with Crippen LogP contribution in [0.1, 0.15) is 16.8 Å². The Hall–Kier alpha value is -2.19. The van der Waals surface area contributed by atoms with E-state index in [4.69, 9.17) is 11.6 Å². The van der Waals surface area contributed by atoms with Gasteiger partial charge in [-0.2, -0.15) is 0 Å². The molecule has 0 aromatic heterocycles. The molecular formula is C16H13ClF2N2O3S. The molecule has 1 N–H and O–H groups in total. The molecule has 1 aliphatic heterocycles. The molecule has 0 spiro atoms. The first kappa shape index (κ1) is 17.6. The van der Waals surface area contributed by atoms with Crippen molar-refractivity contribution in [2.45, 2.75) is 6.42 Å². The predicted octanol–water partition coefficient (Wildman–Crippen LogP) is 3.41. The SMILES string of the molecule is O=C(Nc1ccc(Cl)c(N2CCCS2(=O)=O)c1)c1ccc(F)c(F)c1. The van der Waals surface area contributed by atoms with Gasteiger partial charge in [0.15, 0.2) is 11.6 Å². The Balaban J connectivity index is 1.87. The number of sulfonamides is 1. The molecule has 1 amide bonds. The monoisotopic (exact) mass is 386 g/mol. The number of hydrogen-bond acceptors (Lipinski definition) is 3. The Kier molecular flexibility index (Phi) is 4.66. The van der Waals surface area contributed by atoms with Gasteiger partial charge in [-0.1, -0.05) is 11.6 Å². The van der Waals surface area contributed by atoms with Crippen molar-refractivity contribution in [3.63, 3.8) is 0 Å². The van der Waals surface area contributed by atoms with Crippen LogP contribution in [0.2, 0.25) is 5.02 Å². The minimum atomic E-state index is -3.43. The van der Waals surface area contributed by atoms with E-state index in [0.717, 1.165) is 18.2 Å². The van der Waals surface area contributed by atoms with E-state index in [1.54, 1.807) is 0 Å². The topological polar surface area (TPSA) is 66.5 Å². The highest BCUT2D eigenvalue weighted by Crippen LogP contribution is 2.33. The summed E-state index contributed by atoms with van der Waals surface area (Å²) in [5.41, 5.74) is 0.489.